The third kappa shape index (κ3) is 4.09. The lowest BCUT2D eigenvalue weighted by Crippen LogP contribution is -2.34. The van der Waals surface area contributed by atoms with Crippen molar-refractivity contribution in [2.45, 2.75) is 57.5 Å². The van der Waals surface area contributed by atoms with Gasteiger partial charge in [0.2, 0.25) is 0 Å². The average molecular weight is 286 g/mol. The monoisotopic (exact) mass is 286 g/mol. The fraction of sp³-hybridized carbons (Fsp3) is 0.562. The average Bonchev–Trinajstić information content (AvgIpc) is 2.40. The van der Waals surface area contributed by atoms with E-state index in [9.17, 15) is 18.0 Å². The molecule has 1 nitrogen and oxygen atoms in total. The molecule has 0 aromatic heterocycles. The van der Waals surface area contributed by atoms with Crippen molar-refractivity contribution in [2.24, 2.45) is 0 Å². The normalized spacial score (nSPS) is 12.4. The van der Waals surface area contributed by atoms with Crippen LogP contribution in [0.15, 0.2) is 30.3 Å². The number of benzene rings is 1. The smallest absolute Gasteiger partial charge is 0.299 e. The van der Waals surface area contributed by atoms with Gasteiger partial charge in [-0.05, 0) is 24.8 Å². The molecule has 0 aliphatic heterocycles. The maximum Gasteiger partial charge on any atom is 0.389 e. The number of halogens is 3. The lowest BCUT2D eigenvalue weighted by molar-refractivity contribution is -0.138. The van der Waals surface area contributed by atoms with Gasteiger partial charge in [-0.2, -0.15) is 13.2 Å². The van der Waals surface area contributed by atoms with E-state index in [1.165, 1.54) is 0 Å². The second-order valence-electron chi connectivity index (χ2n) is 5.05. The molecule has 0 spiro atoms. The highest BCUT2D eigenvalue weighted by atomic mass is 19.4. The minimum atomic E-state index is -4.19. The highest BCUT2D eigenvalue weighted by Gasteiger charge is 2.36. The summed E-state index contributed by atoms with van der Waals surface area (Å²) in [5, 5.41) is 0. The largest absolute Gasteiger partial charge is 0.389 e. The van der Waals surface area contributed by atoms with Gasteiger partial charge in [0.1, 0.15) is 5.78 Å². The molecular formula is C16H21F3O. The van der Waals surface area contributed by atoms with Crippen molar-refractivity contribution in [3.63, 3.8) is 0 Å². The first kappa shape index (κ1) is 16.7. The van der Waals surface area contributed by atoms with Gasteiger partial charge >= 0.3 is 6.18 Å². The summed E-state index contributed by atoms with van der Waals surface area (Å²) in [6, 6.07) is 9.35. The Morgan fingerprint density at radius 2 is 1.60 bits per heavy atom. The van der Waals surface area contributed by atoms with Gasteiger partial charge in [0.05, 0.1) is 5.41 Å². The van der Waals surface area contributed by atoms with Gasteiger partial charge in [0.25, 0.3) is 0 Å². The van der Waals surface area contributed by atoms with Gasteiger partial charge in [0.15, 0.2) is 0 Å². The summed E-state index contributed by atoms with van der Waals surface area (Å²) in [5.74, 6) is -0.0852. The number of hydrogen-bond acceptors (Lipinski definition) is 1. The number of rotatable bonds is 7. The lowest BCUT2D eigenvalue weighted by Gasteiger charge is -2.31. The van der Waals surface area contributed by atoms with E-state index < -0.39 is 18.0 Å². The number of alkyl halides is 3. The summed E-state index contributed by atoms with van der Waals surface area (Å²) < 4.78 is 36.5. The predicted octanol–water partition coefficient (Wildman–Crippen LogP) is 5.05. The Kier molecular flexibility index (Phi) is 5.78. The Bertz CT molecular complexity index is 419. The molecule has 0 fully saturated rings. The Morgan fingerprint density at radius 3 is 2.05 bits per heavy atom. The molecule has 1 aromatic carbocycles. The van der Waals surface area contributed by atoms with Crippen molar-refractivity contribution in [3.8, 4) is 0 Å². The summed E-state index contributed by atoms with van der Waals surface area (Å²) in [4.78, 5) is 12.4. The van der Waals surface area contributed by atoms with Crippen LogP contribution in [-0.4, -0.2) is 12.0 Å². The number of Topliss-reactive ketones (excluding diaryl/α,β-unsaturated/α-hetero) is 1. The molecule has 0 heterocycles. The summed E-state index contributed by atoms with van der Waals surface area (Å²) in [7, 11) is 0. The molecule has 0 amide bonds. The van der Waals surface area contributed by atoms with E-state index >= 15 is 0 Å². The zero-order valence-electron chi connectivity index (χ0n) is 12.0. The molecule has 20 heavy (non-hydrogen) atoms. The van der Waals surface area contributed by atoms with Gasteiger partial charge in [-0.3, -0.25) is 4.79 Å². The van der Waals surface area contributed by atoms with Gasteiger partial charge in [-0.15, -0.1) is 0 Å². The first-order valence-corrected chi connectivity index (χ1v) is 7.01. The Hall–Kier alpha value is -1.32. The van der Waals surface area contributed by atoms with Crippen molar-refractivity contribution < 1.29 is 18.0 Å². The van der Waals surface area contributed by atoms with Crippen LogP contribution >= 0.6 is 0 Å². The first-order valence-electron chi connectivity index (χ1n) is 7.01. The van der Waals surface area contributed by atoms with Crippen LogP contribution in [0.1, 0.15) is 51.5 Å². The van der Waals surface area contributed by atoms with E-state index in [0.717, 1.165) is 5.56 Å². The Morgan fingerprint density at radius 1 is 1.05 bits per heavy atom. The van der Waals surface area contributed by atoms with Gasteiger partial charge in [-0.25, -0.2) is 0 Å². The molecule has 0 N–H and O–H groups in total. The summed E-state index contributed by atoms with van der Waals surface area (Å²) in [6.45, 7) is 3.83. The van der Waals surface area contributed by atoms with Crippen LogP contribution in [0, 0.1) is 0 Å². The van der Waals surface area contributed by atoms with Crippen LogP contribution < -0.4 is 0 Å². The second kappa shape index (κ2) is 6.91. The molecule has 1 aromatic rings. The van der Waals surface area contributed by atoms with Crippen molar-refractivity contribution >= 4 is 5.78 Å². The summed E-state index contributed by atoms with van der Waals surface area (Å²) >= 11 is 0. The van der Waals surface area contributed by atoms with Crippen LogP contribution in [0.5, 0.6) is 0 Å². The minimum Gasteiger partial charge on any atom is -0.299 e. The van der Waals surface area contributed by atoms with Crippen molar-refractivity contribution in [3.05, 3.63) is 35.9 Å². The molecular weight excluding hydrogens is 265 g/mol. The highest BCUT2D eigenvalue weighted by Crippen LogP contribution is 2.35. The Labute approximate surface area is 118 Å². The molecule has 0 bridgehead atoms. The minimum absolute atomic E-state index is 0.0178. The number of hydrogen-bond donors (Lipinski definition) is 0. The maximum atomic E-state index is 12.4. The van der Waals surface area contributed by atoms with Crippen LogP contribution in [0.3, 0.4) is 0 Å². The zero-order valence-corrected chi connectivity index (χ0v) is 12.0. The standard InChI is InChI=1S/C16H21F3O/c1-3-15(4-2,13-9-6-5-7-10-13)14(20)11-8-12-16(17,18)19/h5-7,9-10H,3-4,8,11-12H2,1-2H3. The third-order valence-corrected chi connectivity index (χ3v) is 3.93. The summed E-state index contributed by atoms with van der Waals surface area (Å²) in [5.41, 5.74) is 0.259. The van der Waals surface area contributed by atoms with E-state index in [1.54, 1.807) is 0 Å². The van der Waals surface area contributed by atoms with Crippen LogP contribution in [0.25, 0.3) is 0 Å². The summed E-state index contributed by atoms with van der Waals surface area (Å²) in [6.07, 6.45) is -4.01. The van der Waals surface area contributed by atoms with E-state index in [1.807, 2.05) is 44.2 Å². The van der Waals surface area contributed by atoms with Crippen LogP contribution in [0.2, 0.25) is 0 Å². The van der Waals surface area contributed by atoms with Gasteiger partial charge in [-0.1, -0.05) is 44.2 Å². The zero-order chi connectivity index (χ0) is 15.2. The van der Waals surface area contributed by atoms with Crippen LogP contribution in [0.4, 0.5) is 13.2 Å². The molecule has 0 unspecified atom stereocenters. The van der Waals surface area contributed by atoms with Crippen molar-refractivity contribution in [2.75, 3.05) is 0 Å². The lowest BCUT2D eigenvalue weighted by atomic mass is 9.71. The van der Waals surface area contributed by atoms with E-state index in [4.69, 9.17) is 0 Å². The van der Waals surface area contributed by atoms with E-state index in [0.29, 0.717) is 12.8 Å². The number of carbonyl (C=O) groups is 1. The second-order valence-corrected chi connectivity index (χ2v) is 5.05. The quantitative estimate of drug-likeness (QED) is 0.685. The topological polar surface area (TPSA) is 17.1 Å². The first-order chi connectivity index (χ1) is 9.35. The molecule has 112 valence electrons. The Balaban J connectivity index is 2.83. The maximum absolute atomic E-state index is 12.4. The number of ketones is 1. The molecule has 0 saturated heterocycles. The molecule has 4 heteroatoms. The predicted molar refractivity (Wildman–Crippen MR) is 73.6 cm³/mol. The van der Waals surface area contributed by atoms with Gasteiger partial charge in [0, 0.05) is 12.8 Å². The molecule has 0 aliphatic carbocycles. The van der Waals surface area contributed by atoms with Crippen molar-refractivity contribution in [1.29, 1.82) is 0 Å². The van der Waals surface area contributed by atoms with Gasteiger partial charge < -0.3 is 0 Å². The fourth-order valence-corrected chi connectivity index (χ4v) is 2.66. The molecule has 0 saturated carbocycles. The number of carbonyl (C=O) groups excluding carboxylic acids is 1. The molecule has 0 atom stereocenters. The molecule has 0 aliphatic rings. The highest BCUT2D eigenvalue weighted by molar-refractivity contribution is 5.90. The third-order valence-electron chi connectivity index (χ3n) is 3.93. The molecule has 1 rings (SSSR count). The van der Waals surface area contributed by atoms with E-state index in [-0.39, 0.29) is 18.6 Å². The van der Waals surface area contributed by atoms with E-state index in [2.05, 4.69) is 0 Å². The van der Waals surface area contributed by atoms with Crippen molar-refractivity contribution in [1.82, 2.24) is 0 Å². The molecule has 0 radical (unpaired) electrons. The SMILES string of the molecule is CCC(CC)(C(=O)CCCC(F)(F)F)c1ccccc1. The fourth-order valence-electron chi connectivity index (χ4n) is 2.66. The van der Waals surface area contributed by atoms with Crippen LogP contribution in [-0.2, 0) is 10.2 Å².